The Morgan fingerprint density at radius 3 is 0.875 bits per heavy atom. The maximum Gasteiger partial charge on any atom is 0.126 e. The molecule has 0 bridgehead atoms. The van der Waals surface area contributed by atoms with Crippen molar-refractivity contribution < 1.29 is 4.79 Å². The molecule has 2 aromatic rings. The number of rotatable bonds is 2. The lowest BCUT2D eigenvalue weighted by Gasteiger charge is -1.98. The number of hydrogen-bond acceptors (Lipinski definition) is 5. The van der Waals surface area contributed by atoms with Crippen molar-refractivity contribution >= 4 is 86.2 Å². The Morgan fingerprint density at radius 2 is 0.854 bits per heavy atom. The molecule has 0 heterocycles. The largest absolute Gasteiger partial charge is 0.369 e. The van der Waals surface area contributed by atoms with Gasteiger partial charge < -0.3 is 14.6 Å². The summed E-state index contributed by atoms with van der Waals surface area (Å²) in [4.78, 5) is 20.7. The summed E-state index contributed by atoms with van der Waals surface area (Å²) in [7, 11) is 11.2. The summed E-state index contributed by atoms with van der Waals surface area (Å²) in [5.74, 6) is 0.167. The zero-order valence-electron chi connectivity index (χ0n) is 32.1. The van der Waals surface area contributed by atoms with E-state index in [1.165, 1.54) is 26.8 Å². The van der Waals surface area contributed by atoms with Crippen molar-refractivity contribution in [3.8, 4) is 12.1 Å². The minimum absolute atomic E-state index is 0. The third-order valence-electron chi connectivity index (χ3n) is 2.43. The van der Waals surface area contributed by atoms with Crippen LogP contribution in [-0.2, 0) is 4.79 Å². The van der Waals surface area contributed by atoms with E-state index < -0.39 is 0 Å². The molecule has 0 fully saturated rings. The highest BCUT2D eigenvalue weighted by Gasteiger charge is 1.68. The second-order valence-corrected chi connectivity index (χ2v) is 13.4. The van der Waals surface area contributed by atoms with Gasteiger partial charge in [-0.15, -0.1) is 0 Å². The van der Waals surface area contributed by atoms with E-state index >= 15 is 0 Å². The molecule has 0 saturated heterocycles. The van der Waals surface area contributed by atoms with Gasteiger partial charge >= 0.3 is 0 Å². The maximum atomic E-state index is 9.44. The number of nitriles is 2. The number of carbonyl (C=O) groups is 1. The number of ketones is 1. The molecule has 0 radical (unpaired) electrons. The molecule has 0 atom stereocenters. The van der Waals surface area contributed by atoms with Crippen LogP contribution in [0.15, 0.2) is 94.9 Å². The maximum absolute atomic E-state index is 9.44. The number of carbonyl (C=O) groups excluding carboxylic acids is 1. The van der Waals surface area contributed by atoms with Crippen molar-refractivity contribution in [1.82, 2.24) is 9.80 Å². The highest BCUT2D eigenvalue weighted by molar-refractivity contribution is 14.2. The summed E-state index contributed by atoms with van der Waals surface area (Å²) < 4.78 is 2.41. The van der Waals surface area contributed by atoms with Crippen LogP contribution in [0.4, 0.5) is 0 Å². The first-order valence-electron chi connectivity index (χ1n) is 15.1. The fourth-order valence-electron chi connectivity index (χ4n) is 1.31. The molecule has 0 unspecified atom stereocenters. The van der Waals surface area contributed by atoms with Crippen molar-refractivity contribution in [2.75, 3.05) is 49.1 Å². The zero-order valence-corrected chi connectivity index (χ0v) is 38.6. The minimum Gasteiger partial charge on any atom is -0.369 e. The first-order valence-corrected chi connectivity index (χ1v) is 19.7. The van der Waals surface area contributed by atoms with Gasteiger partial charge in [-0.1, -0.05) is 196 Å². The molecular weight excluding hydrogens is 937 g/mol. The summed E-state index contributed by atoms with van der Waals surface area (Å²) in [5, 5.41) is 15.4. The Balaban J connectivity index is -0.0000000421. The second-order valence-electron chi connectivity index (χ2n) is 7.40. The lowest BCUT2D eigenvalue weighted by molar-refractivity contribution is -0.115. The van der Waals surface area contributed by atoms with Gasteiger partial charge in [0.25, 0.3) is 0 Å². The predicted molar refractivity (Wildman–Crippen MR) is 249 cm³/mol. The smallest absolute Gasteiger partial charge is 0.126 e. The van der Waals surface area contributed by atoms with Gasteiger partial charge in [0, 0.05) is 54.8 Å². The average Bonchev–Trinajstić information content (AvgIpc) is 3.07. The summed E-state index contributed by atoms with van der Waals surface area (Å²) in [6.07, 6.45) is 7.25. The van der Waals surface area contributed by atoms with Gasteiger partial charge in [0.1, 0.15) is 5.78 Å². The van der Waals surface area contributed by atoms with E-state index in [0.717, 1.165) is 0 Å². The molecule has 0 amide bonds. The quantitative estimate of drug-likeness (QED) is 0.0982. The number of allylic oxidation sites excluding steroid dienone is 2. The van der Waals surface area contributed by atoms with Gasteiger partial charge in [0.05, 0.1) is 27.2 Å². The van der Waals surface area contributed by atoms with Crippen LogP contribution in [-0.4, -0.2) is 77.4 Å². The van der Waals surface area contributed by atoms with Crippen LogP contribution in [0.25, 0.3) is 0 Å². The van der Waals surface area contributed by atoms with E-state index in [1.807, 2.05) is 164 Å². The number of nitrogens with zero attached hydrogens (tertiary/aromatic N) is 6. The van der Waals surface area contributed by atoms with Crippen LogP contribution in [0.5, 0.6) is 0 Å². The van der Waals surface area contributed by atoms with Crippen LogP contribution in [0, 0.1) is 22.7 Å². The number of alkyl halides is 3. The minimum atomic E-state index is 0. The first-order chi connectivity index (χ1) is 22.4. The number of Topliss-reactive ketones (excluding diaryl/α,β-unsaturated/α-hetero) is 1. The van der Waals surface area contributed by atoms with Gasteiger partial charge in [0.15, 0.2) is 0 Å². The molecule has 280 valence electrons. The Bertz CT molecular complexity index is 761. The first kappa shape index (κ1) is 71.8. The number of hydrogen-bond donors (Lipinski definition) is 0. The van der Waals surface area contributed by atoms with E-state index in [2.05, 4.69) is 84.7 Å². The molecule has 7 nitrogen and oxygen atoms in total. The fourth-order valence-corrected chi connectivity index (χ4v) is 1.31. The summed E-state index contributed by atoms with van der Waals surface area (Å²) in [5.41, 5.74) is 0. The Kier molecular flexibility index (Phi) is 145. The van der Waals surface area contributed by atoms with Crippen LogP contribution < -0.4 is 0 Å². The molecular formula is C38H71I3N6O. The van der Waals surface area contributed by atoms with Gasteiger partial charge in [0.2, 0.25) is 0 Å². The molecule has 48 heavy (non-hydrogen) atoms. The van der Waals surface area contributed by atoms with E-state index in [-0.39, 0.29) is 13.2 Å². The standard InChI is InChI=1S/2C6H6.2C4H10N2.C4H5N.C3H5N.C3H6O.C2H5I.2C2H6.CH2I2.CH4/c2*1-2-4-6-5-3-1;2*1-5-4-6(2)3;1-2-3-4-5;1-2-3-4;1-3(2)4;1-2-3;2*1-2;2-1-3;/h2*1-6H;2*4H,1-3H3;2-3H,1H3;2H2,1H3;1-2H3;2H2,1H3;2*1-2H3;1H2;1H4. The van der Waals surface area contributed by atoms with E-state index in [4.69, 9.17) is 10.5 Å². The molecule has 0 aliphatic carbocycles. The van der Waals surface area contributed by atoms with Gasteiger partial charge in [-0.25, -0.2) is 0 Å². The third kappa shape index (κ3) is 226. The third-order valence-corrected chi connectivity index (χ3v) is 2.43. The Morgan fingerprint density at radius 1 is 0.688 bits per heavy atom. The second kappa shape index (κ2) is 96.8. The molecule has 0 aromatic heterocycles. The Hall–Kier alpha value is -2.04. The molecule has 0 spiro atoms. The van der Waals surface area contributed by atoms with Crippen molar-refractivity contribution in [1.29, 1.82) is 10.5 Å². The fraction of sp³-hybridized carbons (Fsp3) is 0.500. The van der Waals surface area contributed by atoms with Crippen molar-refractivity contribution in [3.05, 3.63) is 84.9 Å². The van der Waals surface area contributed by atoms with Crippen molar-refractivity contribution in [2.45, 2.75) is 76.2 Å². The molecule has 0 aliphatic heterocycles. The van der Waals surface area contributed by atoms with Gasteiger partial charge in [-0.3, -0.25) is 9.98 Å². The predicted octanol–water partition coefficient (Wildman–Crippen LogP) is 12.3. The lowest BCUT2D eigenvalue weighted by atomic mass is 10.4. The number of aliphatic imine (C=N–C) groups is 2. The Labute approximate surface area is 340 Å². The van der Waals surface area contributed by atoms with Crippen LogP contribution >= 0.6 is 67.8 Å². The SMILES string of the molecule is C.CC.CC.CC(C)=O.CC=CC#N.CCC#N.CCI.CN=CN(C)C.CN=CN(C)C.ICI.c1ccccc1.c1ccccc1. The molecule has 2 aromatic carbocycles. The summed E-state index contributed by atoms with van der Waals surface area (Å²) >= 11 is 6.84. The van der Waals surface area contributed by atoms with E-state index in [9.17, 15) is 4.79 Å². The van der Waals surface area contributed by atoms with Crippen LogP contribution in [0.3, 0.4) is 0 Å². The number of benzene rings is 2. The summed E-state index contributed by atoms with van der Waals surface area (Å²) in [6, 6.07) is 27.8. The van der Waals surface area contributed by atoms with Gasteiger partial charge in [-0.05, 0) is 25.2 Å². The summed E-state index contributed by atoms with van der Waals surface area (Å²) in [6.45, 7) is 16.8. The monoisotopic (exact) mass is 1010 g/mol. The number of halogens is 3. The molecule has 0 aliphatic rings. The van der Waals surface area contributed by atoms with Crippen molar-refractivity contribution in [2.24, 2.45) is 9.98 Å². The zero-order chi connectivity index (χ0) is 39.0. The molecule has 0 N–H and O–H groups in total. The average molecular weight is 1010 g/mol. The van der Waals surface area contributed by atoms with Crippen LogP contribution in [0.2, 0.25) is 0 Å². The highest BCUT2D eigenvalue weighted by Crippen LogP contribution is 1.86. The van der Waals surface area contributed by atoms with E-state index in [1.54, 1.807) is 32.8 Å². The topological polar surface area (TPSA) is 95.8 Å². The molecule has 10 heteroatoms. The lowest BCUT2D eigenvalue weighted by Crippen LogP contribution is -2.06. The van der Waals surface area contributed by atoms with Gasteiger partial charge in [-0.2, -0.15) is 10.5 Å². The van der Waals surface area contributed by atoms with Crippen LogP contribution in [0.1, 0.15) is 76.2 Å². The normalized spacial score (nSPS) is 7.25. The van der Waals surface area contributed by atoms with Crippen molar-refractivity contribution in [3.63, 3.8) is 0 Å². The highest BCUT2D eigenvalue weighted by atomic mass is 127. The molecule has 0 saturated carbocycles. The molecule has 2 rings (SSSR count). The van der Waals surface area contributed by atoms with E-state index in [0.29, 0.717) is 6.42 Å².